The molecule has 39 heavy (non-hydrogen) atoms. The van der Waals surface area contributed by atoms with Gasteiger partial charge in [-0.05, 0) is 53.7 Å². The third-order valence-corrected chi connectivity index (χ3v) is 8.37. The van der Waals surface area contributed by atoms with Crippen molar-refractivity contribution in [3.8, 4) is 0 Å². The van der Waals surface area contributed by atoms with E-state index < -0.39 is 44.5 Å². The van der Waals surface area contributed by atoms with Crippen molar-refractivity contribution >= 4 is 20.3 Å². The standard InChI is InChI=1S/C27H38N5O6P/c1-17(2)32(18(3)4)39(36-14-13-28-7)38-23-22(16-33)20(6)37-26(23)31-15-19(5)24(30-27(31)35)29-25(34)21-11-9-8-10-12-21/h8-12,15,17-18,20,22-23,26,33H,13-14,16H2,1-6H3,(H,29,30,34,35)/t20-,22+,23?,26-,39?/m1/s1/i6D. The third kappa shape index (κ3) is 7.48. The second-order valence-electron chi connectivity index (χ2n) is 9.78. The fraction of sp³-hybridized carbons (Fsp3) is 0.556. The summed E-state index contributed by atoms with van der Waals surface area (Å²) in [4.78, 5) is 33.4. The van der Waals surface area contributed by atoms with E-state index in [0.29, 0.717) is 11.1 Å². The number of aromatic nitrogens is 2. The van der Waals surface area contributed by atoms with Crippen LogP contribution in [0.5, 0.6) is 0 Å². The number of ether oxygens (including phenoxy) is 1. The normalized spacial score (nSPS) is 22.2. The van der Waals surface area contributed by atoms with E-state index in [0.717, 1.165) is 0 Å². The minimum absolute atomic E-state index is 0.0403. The maximum Gasteiger partial charge on any atom is 0.351 e. The van der Waals surface area contributed by atoms with Crippen LogP contribution in [0.3, 0.4) is 0 Å². The van der Waals surface area contributed by atoms with Crippen LogP contribution in [0.15, 0.2) is 41.3 Å². The van der Waals surface area contributed by atoms with Gasteiger partial charge in [-0.2, -0.15) is 4.98 Å². The van der Waals surface area contributed by atoms with Gasteiger partial charge < -0.3 is 29.1 Å². The van der Waals surface area contributed by atoms with E-state index in [1.54, 1.807) is 37.3 Å². The Bertz CT molecular complexity index is 1220. The molecule has 1 fully saturated rings. The highest BCUT2D eigenvalue weighted by molar-refractivity contribution is 7.44. The summed E-state index contributed by atoms with van der Waals surface area (Å²) < 4.78 is 30.0. The molecule has 2 unspecified atom stereocenters. The molecule has 212 valence electrons. The number of anilines is 1. The molecule has 0 aliphatic carbocycles. The quantitative estimate of drug-likeness (QED) is 0.227. The summed E-state index contributed by atoms with van der Waals surface area (Å²) in [6.45, 7) is 16.7. The zero-order chi connectivity index (χ0) is 29.4. The van der Waals surface area contributed by atoms with Gasteiger partial charge in [-0.15, -0.1) is 0 Å². The Kier molecular flexibility index (Phi) is 10.6. The van der Waals surface area contributed by atoms with Crippen LogP contribution in [0.25, 0.3) is 4.85 Å². The second-order valence-corrected chi connectivity index (χ2v) is 11.2. The molecular weight excluding hydrogens is 521 g/mol. The topological polar surface area (TPSA) is 120 Å². The van der Waals surface area contributed by atoms with Crippen LogP contribution in [-0.4, -0.2) is 69.3 Å². The molecule has 2 N–H and O–H groups in total. The Labute approximate surface area is 232 Å². The number of nitrogens with zero attached hydrogens (tertiary/aromatic N) is 4. The number of carbonyl (C=O) groups excluding carboxylic acids is 1. The molecule has 3 rings (SSSR count). The number of rotatable bonds is 12. The lowest BCUT2D eigenvalue weighted by Gasteiger charge is -2.38. The van der Waals surface area contributed by atoms with Crippen LogP contribution in [0.4, 0.5) is 5.82 Å². The molecule has 0 bridgehead atoms. The highest BCUT2D eigenvalue weighted by atomic mass is 31.2. The van der Waals surface area contributed by atoms with Crippen molar-refractivity contribution in [3.63, 3.8) is 0 Å². The third-order valence-electron chi connectivity index (χ3n) is 6.25. The highest BCUT2D eigenvalue weighted by Gasteiger charge is 2.47. The van der Waals surface area contributed by atoms with E-state index >= 15 is 0 Å². The molecule has 1 aromatic heterocycles. The molecule has 5 atom stereocenters. The Morgan fingerprint density at radius 1 is 1.33 bits per heavy atom. The highest BCUT2D eigenvalue weighted by Crippen LogP contribution is 2.51. The molecule has 1 aliphatic rings. The average Bonchev–Trinajstić information content (AvgIpc) is 3.27. The molecule has 1 aromatic carbocycles. The number of hydrogen-bond acceptors (Lipinski definition) is 8. The van der Waals surface area contributed by atoms with Gasteiger partial charge in [0.15, 0.2) is 6.23 Å². The van der Waals surface area contributed by atoms with Crippen molar-refractivity contribution in [1.82, 2.24) is 14.2 Å². The summed E-state index contributed by atoms with van der Waals surface area (Å²) in [5.74, 6) is -0.884. The van der Waals surface area contributed by atoms with Crippen LogP contribution in [0, 0.1) is 19.4 Å². The Hall–Kier alpha value is -2.71. The molecule has 0 saturated carbocycles. The molecular formula is C27H38N5O6P. The zero-order valence-electron chi connectivity index (χ0n) is 24.0. The maximum absolute atomic E-state index is 13.3. The molecule has 11 nitrogen and oxygen atoms in total. The number of aryl methyl sites for hydroxylation is 1. The molecule has 0 radical (unpaired) electrons. The lowest BCUT2D eigenvalue weighted by atomic mass is 10.0. The predicted octanol–water partition coefficient (Wildman–Crippen LogP) is 4.00. The Morgan fingerprint density at radius 3 is 2.62 bits per heavy atom. The minimum atomic E-state index is -1.72. The second kappa shape index (κ2) is 14.1. The van der Waals surface area contributed by atoms with Crippen molar-refractivity contribution in [2.24, 2.45) is 5.92 Å². The summed E-state index contributed by atoms with van der Waals surface area (Å²) in [7, 11) is -1.72. The predicted molar refractivity (Wildman–Crippen MR) is 149 cm³/mol. The maximum atomic E-state index is 13.3. The van der Waals surface area contributed by atoms with Gasteiger partial charge in [-0.1, -0.05) is 18.2 Å². The fourth-order valence-corrected chi connectivity index (χ4v) is 6.16. The van der Waals surface area contributed by atoms with Crippen molar-refractivity contribution in [2.75, 3.05) is 25.1 Å². The van der Waals surface area contributed by atoms with Gasteiger partial charge in [-0.25, -0.2) is 16.0 Å². The molecule has 2 aromatic rings. The number of carbonyl (C=O) groups is 1. The zero-order valence-corrected chi connectivity index (χ0v) is 23.9. The number of aliphatic hydroxyl groups excluding tert-OH is 1. The van der Waals surface area contributed by atoms with Gasteiger partial charge in [0, 0.05) is 36.7 Å². The van der Waals surface area contributed by atoms with Crippen molar-refractivity contribution in [2.45, 2.75) is 72.0 Å². The van der Waals surface area contributed by atoms with E-state index in [1.807, 2.05) is 32.4 Å². The van der Waals surface area contributed by atoms with Crippen LogP contribution in [0.1, 0.15) is 58.1 Å². The Morgan fingerprint density at radius 2 is 2.03 bits per heavy atom. The monoisotopic (exact) mass is 560 g/mol. The first-order chi connectivity index (χ1) is 19.1. The van der Waals surface area contributed by atoms with Crippen LogP contribution in [0.2, 0.25) is 0 Å². The molecule has 0 spiro atoms. The largest absolute Gasteiger partial charge is 0.396 e. The summed E-state index contributed by atoms with van der Waals surface area (Å²) >= 11 is 0. The van der Waals surface area contributed by atoms with E-state index in [2.05, 4.69) is 15.1 Å². The van der Waals surface area contributed by atoms with Crippen molar-refractivity contribution in [3.05, 3.63) is 69.6 Å². The summed E-state index contributed by atoms with van der Waals surface area (Å²) in [6, 6.07) is 8.68. The first kappa shape index (κ1) is 29.3. The minimum Gasteiger partial charge on any atom is -0.396 e. The Balaban J connectivity index is 1.96. The lowest BCUT2D eigenvalue weighted by Crippen LogP contribution is -2.39. The summed E-state index contributed by atoms with van der Waals surface area (Å²) in [5, 5.41) is 13.0. The number of benzene rings is 1. The van der Waals surface area contributed by atoms with Crippen molar-refractivity contribution < 1.29 is 25.1 Å². The van der Waals surface area contributed by atoms with E-state index in [-0.39, 0.29) is 44.6 Å². The first-order valence-corrected chi connectivity index (χ1v) is 14.0. The van der Waals surface area contributed by atoms with Crippen molar-refractivity contribution in [1.29, 1.82) is 0 Å². The molecule has 1 aliphatic heterocycles. The van der Waals surface area contributed by atoms with Crippen LogP contribution >= 0.6 is 8.53 Å². The van der Waals surface area contributed by atoms with Gasteiger partial charge in [0.25, 0.3) is 14.4 Å². The van der Waals surface area contributed by atoms with E-state index in [4.69, 9.17) is 21.7 Å². The number of amides is 1. The van der Waals surface area contributed by atoms with Gasteiger partial charge in [0.2, 0.25) is 6.54 Å². The molecule has 2 heterocycles. The first-order valence-electron chi connectivity index (χ1n) is 13.6. The number of hydrogen-bond donors (Lipinski definition) is 2. The fourth-order valence-electron chi connectivity index (χ4n) is 4.39. The number of nitrogens with one attached hydrogen (secondary N) is 1. The number of aliphatic hydroxyl groups is 1. The van der Waals surface area contributed by atoms with Crippen LogP contribution < -0.4 is 11.0 Å². The smallest absolute Gasteiger partial charge is 0.351 e. The van der Waals surface area contributed by atoms with Gasteiger partial charge in [0.05, 0.1) is 12.7 Å². The van der Waals surface area contributed by atoms with E-state index in [1.165, 1.54) is 10.8 Å². The van der Waals surface area contributed by atoms with Crippen LogP contribution in [-0.2, 0) is 13.8 Å². The van der Waals surface area contributed by atoms with Gasteiger partial charge in [0.1, 0.15) is 18.5 Å². The van der Waals surface area contributed by atoms with E-state index in [9.17, 15) is 14.7 Å². The molecule has 1 amide bonds. The molecule has 12 heteroatoms. The molecule has 1 saturated heterocycles. The summed E-state index contributed by atoms with van der Waals surface area (Å²) in [6.07, 6.45) is -1.01. The van der Waals surface area contributed by atoms with Gasteiger partial charge in [-0.3, -0.25) is 9.36 Å². The SMILES string of the molecule is [2H]C[C@H]1O[C@@H](n2cc(C)c(NC(=O)c3ccccc3)nc2=O)C(OP(OCC[N+]#[C-])N(C(C)C)C(C)C)[C@H]1CO. The van der Waals surface area contributed by atoms with Gasteiger partial charge >= 0.3 is 5.69 Å². The lowest BCUT2D eigenvalue weighted by molar-refractivity contribution is -0.0314. The summed E-state index contributed by atoms with van der Waals surface area (Å²) in [5.41, 5.74) is 0.261. The average molecular weight is 561 g/mol.